The molecule has 4 nitrogen and oxygen atoms in total. The van der Waals surface area contributed by atoms with Crippen molar-refractivity contribution in [2.75, 3.05) is 38.8 Å². The van der Waals surface area contributed by atoms with Crippen LogP contribution in [0.4, 0.5) is 5.69 Å². The Labute approximate surface area is 102 Å². The predicted molar refractivity (Wildman–Crippen MR) is 68.3 cm³/mol. The number of hydrogen-bond acceptors (Lipinski definition) is 4. The number of anilines is 1. The van der Waals surface area contributed by atoms with Gasteiger partial charge in [0.25, 0.3) is 0 Å². The van der Waals surface area contributed by atoms with Crippen molar-refractivity contribution in [1.82, 2.24) is 0 Å². The molecule has 1 heterocycles. The standard InChI is InChI=1S/C13H20N2O2/c1-15(2)11-5-3-10(4-6-11)13(8-17-9-13)12(14)7-16/h3-6,12,16H,7-9,14H2,1-2H3. The molecule has 0 saturated carbocycles. The molecule has 1 aromatic carbocycles. The van der Waals surface area contributed by atoms with Gasteiger partial charge in [-0.1, -0.05) is 12.1 Å². The van der Waals surface area contributed by atoms with Gasteiger partial charge in [-0.3, -0.25) is 0 Å². The fraction of sp³-hybridized carbons (Fsp3) is 0.538. The number of benzene rings is 1. The molecule has 2 rings (SSSR count). The van der Waals surface area contributed by atoms with Gasteiger partial charge in [-0.05, 0) is 17.7 Å². The van der Waals surface area contributed by atoms with Crippen LogP contribution in [0.1, 0.15) is 5.56 Å². The highest BCUT2D eigenvalue weighted by atomic mass is 16.5. The van der Waals surface area contributed by atoms with E-state index in [2.05, 4.69) is 29.2 Å². The van der Waals surface area contributed by atoms with Crippen LogP contribution in [-0.4, -0.2) is 45.1 Å². The summed E-state index contributed by atoms with van der Waals surface area (Å²) in [5.41, 5.74) is 8.10. The Morgan fingerprint density at radius 2 is 1.94 bits per heavy atom. The summed E-state index contributed by atoms with van der Waals surface area (Å²) >= 11 is 0. The molecule has 3 N–H and O–H groups in total. The summed E-state index contributed by atoms with van der Waals surface area (Å²) in [6.45, 7) is 1.17. The lowest BCUT2D eigenvalue weighted by atomic mass is 9.73. The third-order valence-corrected chi connectivity index (χ3v) is 3.58. The number of hydrogen-bond donors (Lipinski definition) is 2. The van der Waals surface area contributed by atoms with Crippen LogP contribution in [0.25, 0.3) is 0 Å². The lowest BCUT2D eigenvalue weighted by molar-refractivity contribution is -0.0798. The molecule has 1 saturated heterocycles. The van der Waals surface area contributed by atoms with Crippen LogP contribution in [0.2, 0.25) is 0 Å². The summed E-state index contributed by atoms with van der Waals surface area (Å²) in [5, 5.41) is 9.25. The molecule has 1 aliphatic rings. The molecule has 94 valence electrons. The number of ether oxygens (including phenoxy) is 1. The second kappa shape index (κ2) is 4.64. The summed E-state index contributed by atoms with van der Waals surface area (Å²) in [7, 11) is 4.02. The molecule has 0 radical (unpaired) electrons. The second-order valence-corrected chi connectivity index (χ2v) is 4.88. The van der Waals surface area contributed by atoms with Crippen LogP contribution in [0.5, 0.6) is 0 Å². The van der Waals surface area contributed by atoms with Crippen LogP contribution < -0.4 is 10.6 Å². The molecule has 1 fully saturated rings. The molecular formula is C13H20N2O2. The third-order valence-electron chi connectivity index (χ3n) is 3.58. The maximum Gasteiger partial charge on any atom is 0.0601 e. The van der Waals surface area contributed by atoms with Gasteiger partial charge in [-0.2, -0.15) is 0 Å². The minimum Gasteiger partial charge on any atom is -0.395 e. The summed E-state index contributed by atoms with van der Waals surface area (Å²) in [6, 6.07) is 8.03. The quantitative estimate of drug-likeness (QED) is 0.791. The van der Waals surface area contributed by atoms with Gasteiger partial charge in [0.15, 0.2) is 0 Å². The van der Waals surface area contributed by atoms with E-state index in [1.165, 1.54) is 0 Å². The second-order valence-electron chi connectivity index (χ2n) is 4.88. The largest absolute Gasteiger partial charge is 0.395 e. The Morgan fingerprint density at radius 1 is 1.35 bits per heavy atom. The minimum atomic E-state index is -0.263. The Hall–Kier alpha value is -1.10. The molecule has 0 bridgehead atoms. The number of aliphatic hydroxyl groups is 1. The Morgan fingerprint density at radius 3 is 2.29 bits per heavy atom. The van der Waals surface area contributed by atoms with Crippen molar-refractivity contribution >= 4 is 5.69 Å². The Bertz CT molecular complexity index is 372. The normalized spacial score (nSPS) is 19.5. The van der Waals surface area contributed by atoms with E-state index in [-0.39, 0.29) is 18.1 Å². The molecule has 0 amide bonds. The van der Waals surface area contributed by atoms with E-state index in [1.54, 1.807) is 0 Å². The number of nitrogens with two attached hydrogens (primary N) is 1. The van der Waals surface area contributed by atoms with E-state index < -0.39 is 0 Å². The molecule has 0 aromatic heterocycles. The van der Waals surface area contributed by atoms with Crippen LogP contribution in [0.15, 0.2) is 24.3 Å². The van der Waals surface area contributed by atoms with Gasteiger partial charge in [0.05, 0.1) is 25.2 Å². The maximum atomic E-state index is 9.25. The van der Waals surface area contributed by atoms with Crippen molar-refractivity contribution in [3.63, 3.8) is 0 Å². The van der Waals surface area contributed by atoms with Crippen molar-refractivity contribution in [2.24, 2.45) is 5.73 Å². The smallest absolute Gasteiger partial charge is 0.0601 e. The van der Waals surface area contributed by atoms with Crippen LogP contribution in [0, 0.1) is 0 Å². The van der Waals surface area contributed by atoms with E-state index >= 15 is 0 Å². The average Bonchev–Trinajstić information content (AvgIpc) is 2.28. The van der Waals surface area contributed by atoms with Gasteiger partial charge >= 0.3 is 0 Å². The van der Waals surface area contributed by atoms with E-state index in [0.29, 0.717) is 13.2 Å². The van der Waals surface area contributed by atoms with Crippen molar-refractivity contribution in [2.45, 2.75) is 11.5 Å². The van der Waals surface area contributed by atoms with E-state index in [1.807, 2.05) is 14.1 Å². The first-order valence-corrected chi connectivity index (χ1v) is 5.82. The number of nitrogens with zero attached hydrogens (tertiary/aromatic N) is 1. The first-order chi connectivity index (χ1) is 8.10. The fourth-order valence-electron chi connectivity index (χ4n) is 2.18. The van der Waals surface area contributed by atoms with Crippen molar-refractivity contribution in [1.29, 1.82) is 0 Å². The van der Waals surface area contributed by atoms with Crippen molar-refractivity contribution in [3.8, 4) is 0 Å². The highest BCUT2D eigenvalue weighted by Gasteiger charge is 2.45. The lowest BCUT2D eigenvalue weighted by Gasteiger charge is -2.45. The molecule has 1 unspecified atom stereocenters. The van der Waals surface area contributed by atoms with Gasteiger partial charge in [0, 0.05) is 25.8 Å². The monoisotopic (exact) mass is 236 g/mol. The van der Waals surface area contributed by atoms with Crippen molar-refractivity contribution < 1.29 is 9.84 Å². The zero-order valence-corrected chi connectivity index (χ0v) is 10.4. The molecule has 1 aromatic rings. The van der Waals surface area contributed by atoms with E-state index in [0.717, 1.165) is 11.3 Å². The Balaban J connectivity index is 2.26. The van der Waals surface area contributed by atoms with Gasteiger partial charge in [-0.25, -0.2) is 0 Å². The highest BCUT2D eigenvalue weighted by Crippen LogP contribution is 2.35. The number of aliphatic hydroxyl groups excluding tert-OH is 1. The summed E-state index contributed by atoms with van der Waals surface area (Å²) in [4.78, 5) is 2.06. The third kappa shape index (κ3) is 2.04. The van der Waals surface area contributed by atoms with E-state index in [9.17, 15) is 5.11 Å². The summed E-state index contributed by atoms with van der Waals surface area (Å²) in [5.74, 6) is 0. The fourth-order valence-corrected chi connectivity index (χ4v) is 2.18. The number of rotatable bonds is 4. The highest BCUT2D eigenvalue weighted by molar-refractivity contribution is 5.48. The molecule has 4 heteroatoms. The molecule has 17 heavy (non-hydrogen) atoms. The van der Waals surface area contributed by atoms with Gasteiger partial charge < -0.3 is 20.5 Å². The van der Waals surface area contributed by atoms with Crippen LogP contribution in [-0.2, 0) is 10.2 Å². The average molecular weight is 236 g/mol. The topological polar surface area (TPSA) is 58.7 Å². The first-order valence-electron chi connectivity index (χ1n) is 5.82. The molecule has 0 spiro atoms. The SMILES string of the molecule is CN(C)c1ccc(C2(C(N)CO)COC2)cc1. The van der Waals surface area contributed by atoms with E-state index in [4.69, 9.17) is 10.5 Å². The molecule has 1 atom stereocenters. The zero-order chi connectivity index (χ0) is 12.5. The van der Waals surface area contributed by atoms with Crippen molar-refractivity contribution in [3.05, 3.63) is 29.8 Å². The lowest BCUT2D eigenvalue weighted by Crippen LogP contribution is -2.60. The minimum absolute atomic E-state index is 0.0151. The first kappa shape index (κ1) is 12.4. The van der Waals surface area contributed by atoms with Gasteiger partial charge in [0.2, 0.25) is 0 Å². The van der Waals surface area contributed by atoms with Crippen LogP contribution in [0.3, 0.4) is 0 Å². The molecule has 1 aliphatic heterocycles. The molecular weight excluding hydrogens is 216 g/mol. The Kier molecular flexibility index (Phi) is 3.38. The predicted octanol–water partition coefficient (Wildman–Crippen LogP) is 0.340. The molecule has 0 aliphatic carbocycles. The van der Waals surface area contributed by atoms with Gasteiger partial charge in [0.1, 0.15) is 0 Å². The van der Waals surface area contributed by atoms with Crippen LogP contribution >= 0.6 is 0 Å². The zero-order valence-electron chi connectivity index (χ0n) is 10.4. The summed E-state index contributed by atoms with van der Waals surface area (Å²) < 4.78 is 5.29. The maximum absolute atomic E-state index is 9.25. The van der Waals surface area contributed by atoms with Gasteiger partial charge in [-0.15, -0.1) is 0 Å². The summed E-state index contributed by atoms with van der Waals surface area (Å²) in [6.07, 6.45) is 0.